The van der Waals surface area contributed by atoms with Gasteiger partial charge in [-0.25, -0.2) is 17.9 Å². The first-order chi connectivity index (χ1) is 12.8. The Hall–Kier alpha value is -2.87. The van der Waals surface area contributed by atoms with Crippen molar-refractivity contribution in [2.45, 2.75) is 31.6 Å². The molecule has 0 atom stereocenters. The van der Waals surface area contributed by atoms with Crippen LogP contribution in [0.25, 0.3) is 0 Å². The lowest BCUT2D eigenvalue weighted by molar-refractivity contribution is 0.0953. The lowest BCUT2D eigenvalue weighted by Gasteiger charge is -2.11. The van der Waals surface area contributed by atoms with Crippen LogP contribution in [0.4, 0.5) is 10.5 Å². The molecular weight excluding hydrogens is 366 g/mol. The van der Waals surface area contributed by atoms with Crippen LogP contribution in [0, 0.1) is 6.92 Å². The van der Waals surface area contributed by atoms with Gasteiger partial charge < -0.3 is 10.6 Å². The summed E-state index contributed by atoms with van der Waals surface area (Å²) < 4.78 is 26.6. The van der Waals surface area contributed by atoms with Crippen LogP contribution >= 0.6 is 0 Å². The fraction of sp³-hybridized carbons (Fsp3) is 0.263. The largest absolute Gasteiger partial charge is 0.352 e. The van der Waals surface area contributed by atoms with Gasteiger partial charge in [-0.15, -0.1) is 0 Å². The first-order valence-corrected chi connectivity index (χ1v) is 10.1. The molecule has 0 spiro atoms. The second-order valence-electron chi connectivity index (χ2n) is 6.01. The van der Waals surface area contributed by atoms with Crippen molar-refractivity contribution in [2.75, 3.05) is 11.9 Å². The normalized spacial score (nSPS) is 10.9. The number of unbranched alkanes of at least 4 members (excludes halogenated alkanes) is 1. The van der Waals surface area contributed by atoms with Crippen molar-refractivity contribution in [3.8, 4) is 0 Å². The number of hydrogen-bond acceptors (Lipinski definition) is 4. The molecule has 0 saturated heterocycles. The molecule has 3 N–H and O–H groups in total. The van der Waals surface area contributed by atoms with Crippen molar-refractivity contribution in [1.29, 1.82) is 0 Å². The Kier molecular flexibility index (Phi) is 6.95. The predicted octanol–water partition coefficient (Wildman–Crippen LogP) is 3.04. The van der Waals surface area contributed by atoms with Crippen LogP contribution in [-0.2, 0) is 10.0 Å². The molecule has 2 aromatic rings. The highest BCUT2D eigenvalue weighted by atomic mass is 32.2. The maximum Gasteiger partial charge on any atom is 0.333 e. The SMILES string of the molecule is CCCCNC(=O)c1ccc(NC(=O)NS(=O)(=O)c2ccccc2C)cc1. The van der Waals surface area contributed by atoms with E-state index in [0.29, 0.717) is 23.4 Å². The third-order valence-electron chi connectivity index (χ3n) is 3.83. The summed E-state index contributed by atoms with van der Waals surface area (Å²) in [5, 5.41) is 5.24. The Morgan fingerprint density at radius 1 is 1.00 bits per heavy atom. The lowest BCUT2D eigenvalue weighted by Crippen LogP contribution is -2.34. The third-order valence-corrected chi connectivity index (χ3v) is 5.32. The summed E-state index contributed by atoms with van der Waals surface area (Å²) in [6.07, 6.45) is 1.89. The van der Waals surface area contributed by atoms with Gasteiger partial charge in [-0.2, -0.15) is 0 Å². The van der Waals surface area contributed by atoms with Crippen molar-refractivity contribution in [3.63, 3.8) is 0 Å². The minimum atomic E-state index is -3.97. The molecule has 0 heterocycles. The van der Waals surface area contributed by atoms with E-state index in [1.165, 1.54) is 18.2 Å². The number of anilines is 1. The number of hydrogen-bond donors (Lipinski definition) is 3. The number of urea groups is 1. The number of rotatable bonds is 7. The molecule has 0 fully saturated rings. The van der Waals surface area contributed by atoms with Gasteiger partial charge in [-0.05, 0) is 49.2 Å². The summed E-state index contributed by atoms with van der Waals surface area (Å²) >= 11 is 0. The van der Waals surface area contributed by atoms with E-state index in [1.54, 1.807) is 37.3 Å². The minimum Gasteiger partial charge on any atom is -0.352 e. The molecule has 0 radical (unpaired) electrons. The predicted molar refractivity (Wildman–Crippen MR) is 104 cm³/mol. The highest BCUT2D eigenvalue weighted by Gasteiger charge is 2.19. The highest BCUT2D eigenvalue weighted by molar-refractivity contribution is 7.90. The van der Waals surface area contributed by atoms with Gasteiger partial charge in [0, 0.05) is 17.8 Å². The molecule has 2 aromatic carbocycles. The number of carbonyl (C=O) groups is 2. The molecule has 8 heteroatoms. The fourth-order valence-electron chi connectivity index (χ4n) is 2.38. The number of benzene rings is 2. The Morgan fingerprint density at radius 3 is 2.30 bits per heavy atom. The standard InChI is InChI=1S/C19H23N3O4S/c1-3-4-13-20-18(23)15-9-11-16(12-10-15)21-19(24)22-27(25,26)17-8-6-5-7-14(17)2/h5-12H,3-4,13H2,1-2H3,(H,20,23)(H2,21,22,24). The first-order valence-electron chi connectivity index (χ1n) is 8.61. The summed E-state index contributed by atoms with van der Waals surface area (Å²) in [5.74, 6) is -0.193. The topological polar surface area (TPSA) is 104 Å². The second kappa shape index (κ2) is 9.18. The Labute approximate surface area is 159 Å². The van der Waals surface area contributed by atoms with Crippen molar-refractivity contribution >= 4 is 27.6 Å². The van der Waals surface area contributed by atoms with Crippen molar-refractivity contribution in [1.82, 2.24) is 10.0 Å². The maximum absolute atomic E-state index is 12.3. The molecule has 3 amide bonds. The van der Waals surface area contributed by atoms with E-state index in [-0.39, 0.29) is 10.8 Å². The summed E-state index contributed by atoms with van der Waals surface area (Å²) in [5.41, 5.74) is 1.37. The van der Waals surface area contributed by atoms with Gasteiger partial charge in [-0.1, -0.05) is 31.5 Å². The number of carbonyl (C=O) groups excluding carboxylic acids is 2. The molecular formula is C19H23N3O4S. The van der Waals surface area contributed by atoms with E-state index in [9.17, 15) is 18.0 Å². The highest BCUT2D eigenvalue weighted by Crippen LogP contribution is 2.14. The molecule has 27 heavy (non-hydrogen) atoms. The van der Waals surface area contributed by atoms with Crippen LogP contribution in [0.1, 0.15) is 35.7 Å². The molecule has 2 rings (SSSR count). The van der Waals surface area contributed by atoms with Gasteiger partial charge in [-0.3, -0.25) is 4.79 Å². The van der Waals surface area contributed by atoms with Gasteiger partial charge in [0.2, 0.25) is 0 Å². The van der Waals surface area contributed by atoms with Crippen molar-refractivity contribution in [3.05, 3.63) is 59.7 Å². The molecule has 0 aliphatic rings. The molecule has 0 saturated carbocycles. The number of amides is 3. The van der Waals surface area contributed by atoms with Crippen LogP contribution < -0.4 is 15.4 Å². The quantitative estimate of drug-likeness (QED) is 0.633. The number of aryl methyl sites for hydroxylation is 1. The molecule has 0 bridgehead atoms. The number of sulfonamides is 1. The average Bonchev–Trinajstić information content (AvgIpc) is 2.62. The Balaban J connectivity index is 1.98. The average molecular weight is 389 g/mol. The first kappa shape index (κ1) is 20.4. The van der Waals surface area contributed by atoms with Crippen LogP contribution in [0.2, 0.25) is 0 Å². The summed E-state index contributed by atoms with van der Waals surface area (Å²) in [4.78, 5) is 24.0. The van der Waals surface area contributed by atoms with E-state index in [4.69, 9.17) is 0 Å². The van der Waals surface area contributed by atoms with Gasteiger partial charge >= 0.3 is 6.03 Å². The van der Waals surface area contributed by atoms with E-state index in [1.807, 2.05) is 11.6 Å². The Bertz CT molecular complexity index is 909. The molecule has 0 aliphatic heterocycles. The molecule has 144 valence electrons. The zero-order valence-corrected chi connectivity index (χ0v) is 16.1. The van der Waals surface area contributed by atoms with Crippen LogP contribution in [0.5, 0.6) is 0 Å². The number of nitrogens with one attached hydrogen (secondary N) is 3. The Morgan fingerprint density at radius 2 is 1.67 bits per heavy atom. The molecule has 7 nitrogen and oxygen atoms in total. The third kappa shape index (κ3) is 5.82. The van der Waals surface area contributed by atoms with Gasteiger partial charge in [0.1, 0.15) is 0 Å². The lowest BCUT2D eigenvalue weighted by atomic mass is 10.2. The van der Waals surface area contributed by atoms with Crippen molar-refractivity contribution < 1.29 is 18.0 Å². The van der Waals surface area contributed by atoms with E-state index >= 15 is 0 Å². The molecule has 0 aromatic heterocycles. The van der Waals surface area contributed by atoms with E-state index in [0.717, 1.165) is 12.8 Å². The van der Waals surface area contributed by atoms with Gasteiger partial charge in [0.05, 0.1) is 4.90 Å². The monoisotopic (exact) mass is 389 g/mol. The van der Waals surface area contributed by atoms with Crippen LogP contribution in [0.15, 0.2) is 53.4 Å². The summed E-state index contributed by atoms with van der Waals surface area (Å²) in [7, 11) is -3.97. The zero-order chi connectivity index (χ0) is 19.9. The van der Waals surface area contributed by atoms with E-state index < -0.39 is 16.1 Å². The summed E-state index contributed by atoms with van der Waals surface area (Å²) in [6.45, 7) is 4.29. The van der Waals surface area contributed by atoms with Gasteiger partial charge in [0.25, 0.3) is 15.9 Å². The molecule has 0 unspecified atom stereocenters. The maximum atomic E-state index is 12.3. The van der Waals surface area contributed by atoms with Crippen LogP contribution in [0.3, 0.4) is 0 Å². The van der Waals surface area contributed by atoms with Crippen molar-refractivity contribution in [2.24, 2.45) is 0 Å². The molecule has 0 aliphatic carbocycles. The fourth-order valence-corrected chi connectivity index (χ4v) is 3.53. The van der Waals surface area contributed by atoms with Gasteiger partial charge in [0.15, 0.2) is 0 Å². The second-order valence-corrected chi connectivity index (χ2v) is 7.66. The van der Waals surface area contributed by atoms with E-state index in [2.05, 4.69) is 10.6 Å². The zero-order valence-electron chi connectivity index (χ0n) is 15.3. The smallest absolute Gasteiger partial charge is 0.333 e. The minimum absolute atomic E-state index is 0.0410. The van der Waals surface area contributed by atoms with Crippen LogP contribution in [-0.4, -0.2) is 26.9 Å². The summed E-state index contributed by atoms with van der Waals surface area (Å²) in [6, 6.07) is 11.7.